The Labute approximate surface area is 179 Å². The number of carbonyl (C=O) groups is 1. The summed E-state index contributed by atoms with van der Waals surface area (Å²) in [5.74, 6) is 0.153. The molecule has 0 saturated heterocycles. The maximum atomic E-state index is 12.4. The minimum atomic E-state index is -0.105. The number of rotatable bonds is 7. The Morgan fingerprint density at radius 3 is 2.50 bits per heavy atom. The highest BCUT2D eigenvalue weighted by atomic mass is 32.2. The highest BCUT2D eigenvalue weighted by Gasteiger charge is 2.13. The number of hydrogen-bond donors (Lipinski definition) is 1. The minimum absolute atomic E-state index is 0.105. The lowest BCUT2D eigenvalue weighted by Crippen LogP contribution is -2.14. The lowest BCUT2D eigenvalue weighted by molar-refractivity contribution is -0.113. The molecule has 30 heavy (non-hydrogen) atoms. The summed E-state index contributed by atoms with van der Waals surface area (Å²) in [6.07, 6.45) is 0.895. The zero-order valence-electron chi connectivity index (χ0n) is 16.3. The molecule has 1 amide bonds. The summed E-state index contributed by atoms with van der Waals surface area (Å²) in [5.41, 5.74) is 4.51. The third-order valence-electron chi connectivity index (χ3n) is 4.72. The van der Waals surface area contributed by atoms with Gasteiger partial charge in [0.05, 0.1) is 28.4 Å². The number of thioether (sulfide) groups is 1. The second-order valence-electron chi connectivity index (χ2n) is 6.80. The normalized spacial score (nSPS) is 10.6. The van der Waals surface area contributed by atoms with Crippen LogP contribution in [0.4, 0.5) is 5.69 Å². The Morgan fingerprint density at radius 1 is 1.00 bits per heavy atom. The van der Waals surface area contributed by atoms with Gasteiger partial charge in [-0.05, 0) is 48.4 Å². The van der Waals surface area contributed by atoms with Crippen LogP contribution in [0.5, 0.6) is 0 Å². The molecule has 0 unspecified atom stereocenters. The Kier molecular flexibility index (Phi) is 6.11. The maximum absolute atomic E-state index is 12.4. The van der Waals surface area contributed by atoms with E-state index in [2.05, 4.69) is 34.2 Å². The van der Waals surface area contributed by atoms with Crippen LogP contribution in [-0.4, -0.2) is 21.2 Å². The van der Waals surface area contributed by atoms with E-state index in [-0.39, 0.29) is 11.7 Å². The zero-order chi connectivity index (χ0) is 20.8. The zero-order valence-corrected chi connectivity index (χ0v) is 17.1. The first-order chi connectivity index (χ1) is 14.7. The van der Waals surface area contributed by atoms with Crippen LogP contribution in [0.2, 0.25) is 0 Å². The molecule has 1 N–H and O–H groups in total. The number of anilines is 1. The molecule has 1 heterocycles. The predicted molar refractivity (Wildman–Crippen MR) is 120 cm³/mol. The van der Waals surface area contributed by atoms with Gasteiger partial charge >= 0.3 is 0 Å². The summed E-state index contributed by atoms with van der Waals surface area (Å²) < 4.78 is 2.18. The second-order valence-corrected chi connectivity index (χ2v) is 7.74. The first-order valence-corrected chi connectivity index (χ1v) is 10.6. The molecule has 0 aliphatic rings. The van der Waals surface area contributed by atoms with Gasteiger partial charge in [-0.1, -0.05) is 54.2 Å². The van der Waals surface area contributed by atoms with Crippen LogP contribution in [0.1, 0.15) is 11.1 Å². The highest BCUT2D eigenvalue weighted by molar-refractivity contribution is 7.99. The van der Waals surface area contributed by atoms with Gasteiger partial charge in [-0.15, -0.1) is 0 Å². The smallest absolute Gasteiger partial charge is 0.234 e. The maximum Gasteiger partial charge on any atom is 0.234 e. The van der Waals surface area contributed by atoms with E-state index in [1.165, 1.54) is 17.3 Å². The van der Waals surface area contributed by atoms with E-state index >= 15 is 0 Å². The molecule has 0 saturated carbocycles. The molecule has 0 aliphatic carbocycles. The number of aromatic nitrogens is 2. The summed E-state index contributed by atoms with van der Waals surface area (Å²) >= 11 is 1.43. The molecule has 0 bridgehead atoms. The number of carbonyl (C=O) groups excluding carboxylic acids is 1. The van der Waals surface area contributed by atoms with Crippen molar-refractivity contribution in [1.29, 1.82) is 5.26 Å². The summed E-state index contributed by atoms with van der Waals surface area (Å²) in [6.45, 7) is 0.796. The van der Waals surface area contributed by atoms with E-state index in [4.69, 9.17) is 10.2 Å². The number of hydrogen-bond acceptors (Lipinski definition) is 4. The van der Waals surface area contributed by atoms with E-state index < -0.39 is 0 Å². The number of para-hydroxylation sites is 2. The lowest BCUT2D eigenvalue weighted by Gasteiger charge is -2.09. The Morgan fingerprint density at radius 2 is 1.73 bits per heavy atom. The van der Waals surface area contributed by atoms with E-state index in [9.17, 15) is 4.79 Å². The molecule has 148 valence electrons. The van der Waals surface area contributed by atoms with E-state index in [0.717, 1.165) is 29.2 Å². The molecule has 4 rings (SSSR count). The van der Waals surface area contributed by atoms with Crippen molar-refractivity contribution >= 4 is 34.4 Å². The standard InChI is InChI=1S/C24H20N4OS/c25-16-19-10-12-20(13-11-19)26-23(29)17-30-24-27-21-8-4-5-9-22(21)28(24)15-14-18-6-2-1-3-7-18/h1-13H,14-15,17H2,(H,26,29). The van der Waals surface area contributed by atoms with Gasteiger partial charge in [0.1, 0.15) is 0 Å². The first kappa shape index (κ1) is 19.7. The quantitative estimate of drug-likeness (QED) is 0.439. The van der Waals surface area contributed by atoms with Gasteiger partial charge in [-0.2, -0.15) is 5.26 Å². The van der Waals surface area contributed by atoms with Gasteiger partial charge in [-0.25, -0.2) is 4.98 Å². The van der Waals surface area contributed by atoms with Gasteiger partial charge < -0.3 is 9.88 Å². The van der Waals surface area contributed by atoms with Crippen LogP contribution in [0.15, 0.2) is 84.0 Å². The Hall–Kier alpha value is -3.56. The van der Waals surface area contributed by atoms with Crippen LogP contribution in [0.25, 0.3) is 11.0 Å². The van der Waals surface area contributed by atoms with E-state index in [0.29, 0.717) is 11.3 Å². The van der Waals surface area contributed by atoms with Gasteiger partial charge in [-0.3, -0.25) is 4.79 Å². The van der Waals surface area contributed by atoms with Crippen molar-refractivity contribution in [2.75, 3.05) is 11.1 Å². The largest absolute Gasteiger partial charge is 0.325 e. The molecule has 5 nitrogen and oxygen atoms in total. The lowest BCUT2D eigenvalue weighted by atomic mass is 10.1. The van der Waals surface area contributed by atoms with Gasteiger partial charge in [0.15, 0.2) is 5.16 Å². The fraction of sp³-hybridized carbons (Fsp3) is 0.125. The molecule has 4 aromatic rings. The molecule has 6 heteroatoms. The molecule has 3 aromatic carbocycles. The number of aryl methyl sites for hydroxylation is 2. The number of nitrogens with zero attached hydrogens (tertiary/aromatic N) is 3. The van der Waals surface area contributed by atoms with Gasteiger partial charge in [0, 0.05) is 12.2 Å². The van der Waals surface area contributed by atoms with Crippen molar-refractivity contribution in [1.82, 2.24) is 9.55 Å². The fourth-order valence-corrected chi connectivity index (χ4v) is 4.06. The number of amides is 1. The minimum Gasteiger partial charge on any atom is -0.325 e. The summed E-state index contributed by atoms with van der Waals surface area (Å²) in [7, 11) is 0. The fourth-order valence-electron chi connectivity index (χ4n) is 3.22. The molecule has 0 aliphatic heterocycles. The average molecular weight is 413 g/mol. The third kappa shape index (κ3) is 4.70. The second kappa shape index (κ2) is 9.29. The van der Waals surface area contributed by atoms with Gasteiger partial charge in [0.2, 0.25) is 5.91 Å². The topological polar surface area (TPSA) is 70.7 Å². The SMILES string of the molecule is N#Cc1ccc(NC(=O)CSc2nc3ccccc3n2CCc2ccccc2)cc1. The van der Waals surface area contributed by atoms with E-state index in [1.807, 2.05) is 36.4 Å². The number of nitriles is 1. The van der Waals surface area contributed by atoms with Crippen LogP contribution in [-0.2, 0) is 17.8 Å². The van der Waals surface area contributed by atoms with Crippen LogP contribution in [0, 0.1) is 11.3 Å². The van der Waals surface area contributed by atoms with Crippen LogP contribution in [0.3, 0.4) is 0 Å². The van der Waals surface area contributed by atoms with E-state index in [1.54, 1.807) is 24.3 Å². The molecular formula is C24H20N4OS. The van der Waals surface area contributed by atoms with Crippen LogP contribution < -0.4 is 5.32 Å². The van der Waals surface area contributed by atoms with Crippen LogP contribution >= 0.6 is 11.8 Å². The summed E-state index contributed by atoms with van der Waals surface area (Å²) in [5, 5.41) is 12.6. The van der Waals surface area contributed by atoms with Crippen molar-refractivity contribution in [3.8, 4) is 6.07 Å². The van der Waals surface area contributed by atoms with Crippen molar-refractivity contribution in [3.63, 3.8) is 0 Å². The molecule has 0 spiro atoms. The molecule has 0 fully saturated rings. The summed E-state index contributed by atoms with van der Waals surface area (Å²) in [4.78, 5) is 17.1. The molecular weight excluding hydrogens is 392 g/mol. The molecule has 0 atom stereocenters. The third-order valence-corrected chi connectivity index (χ3v) is 5.69. The Balaban J connectivity index is 1.46. The highest BCUT2D eigenvalue weighted by Crippen LogP contribution is 2.25. The van der Waals surface area contributed by atoms with Crippen molar-refractivity contribution in [3.05, 3.63) is 90.0 Å². The van der Waals surface area contributed by atoms with Crippen molar-refractivity contribution < 1.29 is 4.79 Å². The molecule has 0 radical (unpaired) electrons. The number of benzene rings is 3. The first-order valence-electron chi connectivity index (χ1n) is 9.65. The monoisotopic (exact) mass is 412 g/mol. The number of nitrogens with one attached hydrogen (secondary N) is 1. The molecule has 1 aromatic heterocycles. The predicted octanol–water partition coefficient (Wildman–Crippen LogP) is 4.88. The Bertz CT molecular complexity index is 1190. The summed E-state index contributed by atoms with van der Waals surface area (Å²) in [6, 6.07) is 27.3. The average Bonchev–Trinajstić information content (AvgIpc) is 3.15. The van der Waals surface area contributed by atoms with Crippen molar-refractivity contribution in [2.45, 2.75) is 18.1 Å². The van der Waals surface area contributed by atoms with Crippen molar-refractivity contribution in [2.24, 2.45) is 0 Å². The number of imidazole rings is 1. The van der Waals surface area contributed by atoms with Gasteiger partial charge in [0.25, 0.3) is 0 Å². The number of fused-ring (bicyclic) bond motifs is 1.